The Kier molecular flexibility index (Phi) is 2.81. The normalized spacial score (nSPS) is 21.9. The molecule has 0 amide bonds. The molecule has 1 saturated carbocycles. The van der Waals surface area contributed by atoms with Gasteiger partial charge >= 0.3 is 0 Å². The minimum absolute atomic E-state index is 0.405. The van der Waals surface area contributed by atoms with E-state index in [0.717, 1.165) is 25.4 Å². The highest BCUT2D eigenvalue weighted by molar-refractivity contribution is 5.36. The molecule has 1 saturated heterocycles. The molecule has 92 valence electrons. The van der Waals surface area contributed by atoms with Crippen molar-refractivity contribution in [2.45, 2.75) is 24.3 Å². The molecule has 0 bridgehead atoms. The van der Waals surface area contributed by atoms with E-state index in [4.69, 9.17) is 4.74 Å². The van der Waals surface area contributed by atoms with E-state index in [1.807, 2.05) is 0 Å². The summed E-state index contributed by atoms with van der Waals surface area (Å²) in [6.07, 6.45) is 2.62. The third-order valence-corrected chi connectivity index (χ3v) is 4.07. The van der Waals surface area contributed by atoms with E-state index in [2.05, 4.69) is 34.9 Å². The van der Waals surface area contributed by atoms with Crippen LogP contribution in [0.2, 0.25) is 0 Å². The Labute approximate surface area is 103 Å². The van der Waals surface area contributed by atoms with Gasteiger partial charge in [0.15, 0.2) is 0 Å². The average Bonchev–Trinajstić information content (AvgIpc) is 3.08. The highest BCUT2D eigenvalue weighted by Gasteiger charge is 2.44. The van der Waals surface area contributed by atoms with Crippen molar-refractivity contribution in [3.63, 3.8) is 0 Å². The van der Waals surface area contributed by atoms with Gasteiger partial charge in [0, 0.05) is 31.1 Å². The van der Waals surface area contributed by atoms with Crippen LogP contribution in [0.5, 0.6) is 5.75 Å². The fourth-order valence-corrected chi connectivity index (χ4v) is 2.44. The van der Waals surface area contributed by atoms with Crippen molar-refractivity contribution in [3.05, 3.63) is 29.8 Å². The fourth-order valence-electron chi connectivity index (χ4n) is 2.44. The minimum atomic E-state index is 0.405. The van der Waals surface area contributed by atoms with E-state index in [0.29, 0.717) is 11.5 Å². The Morgan fingerprint density at radius 2 is 2.00 bits per heavy atom. The first-order chi connectivity index (χ1) is 8.32. The summed E-state index contributed by atoms with van der Waals surface area (Å²) in [5.41, 5.74) is 1.86. The smallest absolute Gasteiger partial charge is 0.118 e. The number of ether oxygens (including phenoxy) is 1. The van der Waals surface area contributed by atoms with Gasteiger partial charge in [-0.2, -0.15) is 0 Å². The molecule has 0 radical (unpaired) electrons. The SMILES string of the molecule is COc1ccc(C2(CNC3CNC3)CC2)cc1. The third-order valence-electron chi connectivity index (χ3n) is 4.07. The maximum Gasteiger partial charge on any atom is 0.118 e. The monoisotopic (exact) mass is 232 g/mol. The first kappa shape index (κ1) is 11.1. The number of hydrogen-bond donors (Lipinski definition) is 2. The first-order valence-electron chi connectivity index (χ1n) is 6.41. The van der Waals surface area contributed by atoms with Gasteiger partial charge in [0.2, 0.25) is 0 Å². The number of nitrogens with one attached hydrogen (secondary N) is 2. The lowest BCUT2D eigenvalue weighted by molar-refractivity contribution is 0.353. The van der Waals surface area contributed by atoms with Crippen molar-refractivity contribution in [2.75, 3.05) is 26.7 Å². The van der Waals surface area contributed by atoms with E-state index < -0.39 is 0 Å². The third kappa shape index (κ3) is 2.17. The summed E-state index contributed by atoms with van der Waals surface area (Å²) in [6, 6.07) is 9.25. The van der Waals surface area contributed by atoms with Gasteiger partial charge in [-0.05, 0) is 30.5 Å². The van der Waals surface area contributed by atoms with Crippen molar-refractivity contribution in [3.8, 4) is 5.75 Å². The fraction of sp³-hybridized carbons (Fsp3) is 0.571. The Morgan fingerprint density at radius 1 is 1.29 bits per heavy atom. The molecule has 2 fully saturated rings. The van der Waals surface area contributed by atoms with E-state index in [9.17, 15) is 0 Å². The maximum absolute atomic E-state index is 5.20. The predicted octanol–water partition coefficient (Wildman–Crippen LogP) is 1.29. The summed E-state index contributed by atoms with van der Waals surface area (Å²) < 4.78 is 5.20. The number of rotatable bonds is 5. The topological polar surface area (TPSA) is 33.3 Å². The van der Waals surface area contributed by atoms with E-state index in [-0.39, 0.29) is 0 Å². The molecule has 2 aliphatic rings. The molecule has 1 aliphatic carbocycles. The zero-order valence-corrected chi connectivity index (χ0v) is 10.3. The van der Waals surface area contributed by atoms with E-state index in [1.165, 1.54) is 18.4 Å². The first-order valence-corrected chi connectivity index (χ1v) is 6.41. The zero-order valence-electron chi connectivity index (χ0n) is 10.3. The highest BCUT2D eigenvalue weighted by Crippen LogP contribution is 2.47. The van der Waals surface area contributed by atoms with Crippen molar-refractivity contribution in [2.24, 2.45) is 0 Å². The molecule has 0 unspecified atom stereocenters. The highest BCUT2D eigenvalue weighted by atomic mass is 16.5. The van der Waals surface area contributed by atoms with Crippen LogP contribution in [0.4, 0.5) is 0 Å². The molecule has 3 nitrogen and oxygen atoms in total. The molecule has 1 heterocycles. The van der Waals surface area contributed by atoms with Crippen molar-refractivity contribution < 1.29 is 4.74 Å². The van der Waals surface area contributed by atoms with Crippen molar-refractivity contribution in [1.29, 1.82) is 0 Å². The zero-order chi connectivity index (χ0) is 11.7. The van der Waals surface area contributed by atoms with Gasteiger partial charge in [-0.1, -0.05) is 12.1 Å². The van der Waals surface area contributed by atoms with E-state index >= 15 is 0 Å². The van der Waals surface area contributed by atoms with Crippen LogP contribution in [0.3, 0.4) is 0 Å². The van der Waals surface area contributed by atoms with Crippen LogP contribution in [-0.2, 0) is 5.41 Å². The van der Waals surface area contributed by atoms with Gasteiger partial charge in [0.1, 0.15) is 5.75 Å². The lowest BCUT2D eigenvalue weighted by Crippen LogP contribution is -2.56. The molecule has 0 atom stereocenters. The second kappa shape index (κ2) is 4.31. The van der Waals surface area contributed by atoms with Crippen LogP contribution < -0.4 is 15.4 Å². The molecule has 0 aromatic heterocycles. The summed E-state index contributed by atoms with van der Waals surface area (Å²) in [6.45, 7) is 3.36. The number of benzene rings is 1. The Balaban J connectivity index is 1.64. The average molecular weight is 232 g/mol. The van der Waals surface area contributed by atoms with Crippen LogP contribution in [-0.4, -0.2) is 32.8 Å². The molecular formula is C14H20N2O. The van der Waals surface area contributed by atoms with Crippen LogP contribution in [0.1, 0.15) is 18.4 Å². The maximum atomic E-state index is 5.20. The lowest BCUT2D eigenvalue weighted by Gasteiger charge is -2.30. The minimum Gasteiger partial charge on any atom is -0.497 e. The molecular weight excluding hydrogens is 212 g/mol. The second-order valence-electron chi connectivity index (χ2n) is 5.24. The van der Waals surface area contributed by atoms with Crippen molar-refractivity contribution >= 4 is 0 Å². The summed E-state index contributed by atoms with van der Waals surface area (Å²) in [5, 5.41) is 6.95. The van der Waals surface area contributed by atoms with Gasteiger partial charge in [-0.3, -0.25) is 0 Å². The van der Waals surface area contributed by atoms with Crippen LogP contribution in [0.15, 0.2) is 24.3 Å². The molecule has 1 aliphatic heterocycles. The van der Waals surface area contributed by atoms with Gasteiger partial charge in [0.05, 0.1) is 7.11 Å². The standard InChI is InChI=1S/C14H20N2O/c1-17-13-4-2-11(3-5-13)14(6-7-14)10-16-12-8-15-9-12/h2-5,12,15-16H,6-10H2,1H3. The largest absolute Gasteiger partial charge is 0.497 e. The summed E-state index contributed by atoms with van der Waals surface area (Å²) in [4.78, 5) is 0. The molecule has 3 heteroatoms. The lowest BCUT2D eigenvalue weighted by atomic mass is 9.95. The van der Waals surface area contributed by atoms with Gasteiger partial charge in [-0.25, -0.2) is 0 Å². The second-order valence-corrected chi connectivity index (χ2v) is 5.24. The Morgan fingerprint density at radius 3 is 2.47 bits per heavy atom. The van der Waals surface area contributed by atoms with Crippen LogP contribution >= 0.6 is 0 Å². The Bertz CT molecular complexity index is 380. The molecule has 1 aromatic carbocycles. The molecule has 1 aromatic rings. The quantitative estimate of drug-likeness (QED) is 0.802. The van der Waals surface area contributed by atoms with Gasteiger partial charge in [-0.15, -0.1) is 0 Å². The van der Waals surface area contributed by atoms with Crippen LogP contribution in [0, 0.1) is 0 Å². The molecule has 2 N–H and O–H groups in total. The number of methoxy groups -OCH3 is 1. The van der Waals surface area contributed by atoms with Gasteiger partial charge < -0.3 is 15.4 Å². The van der Waals surface area contributed by atoms with Crippen molar-refractivity contribution in [1.82, 2.24) is 10.6 Å². The van der Waals surface area contributed by atoms with Gasteiger partial charge in [0.25, 0.3) is 0 Å². The summed E-state index contributed by atoms with van der Waals surface area (Å²) >= 11 is 0. The number of hydrogen-bond acceptors (Lipinski definition) is 3. The molecule has 17 heavy (non-hydrogen) atoms. The predicted molar refractivity (Wildman–Crippen MR) is 68.6 cm³/mol. The summed E-state index contributed by atoms with van der Waals surface area (Å²) in [5.74, 6) is 0.945. The van der Waals surface area contributed by atoms with E-state index in [1.54, 1.807) is 7.11 Å². The molecule has 3 rings (SSSR count). The summed E-state index contributed by atoms with van der Waals surface area (Å²) in [7, 11) is 1.72. The van der Waals surface area contributed by atoms with Crippen LogP contribution in [0.25, 0.3) is 0 Å². The Hall–Kier alpha value is -1.06. The molecule has 0 spiro atoms.